The molecule has 0 saturated carbocycles. The first kappa shape index (κ1) is 13.9. The van der Waals surface area contributed by atoms with Crippen LogP contribution in [0.15, 0.2) is 24.3 Å². The molecule has 0 aliphatic carbocycles. The number of nitrogens with zero attached hydrogens (tertiary/aromatic N) is 2. The third-order valence-corrected chi connectivity index (χ3v) is 3.67. The zero-order valence-electron chi connectivity index (χ0n) is 12.1. The number of hydrogen-bond donors (Lipinski definition) is 1. The summed E-state index contributed by atoms with van der Waals surface area (Å²) in [6.07, 6.45) is 0.568. The molecule has 0 radical (unpaired) electrons. The third kappa shape index (κ3) is 3.71. The van der Waals surface area contributed by atoms with Crippen LogP contribution in [0.4, 0.5) is 5.69 Å². The average Bonchev–Trinajstić information content (AvgIpc) is 2.50. The van der Waals surface area contributed by atoms with Crippen LogP contribution < -0.4 is 10.2 Å². The van der Waals surface area contributed by atoms with E-state index in [4.69, 9.17) is 5.26 Å². The van der Waals surface area contributed by atoms with E-state index in [1.54, 1.807) is 0 Å². The van der Waals surface area contributed by atoms with Crippen molar-refractivity contribution < 1.29 is 0 Å². The van der Waals surface area contributed by atoms with Crippen molar-refractivity contribution in [3.05, 3.63) is 29.8 Å². The first-order valence-electron chi connectivity index (χ1n) is 6.92. The summed E-state index contributed by atoms with van der Waals surface area (Å²) < 4.78 is 0. The van der Waals surface area contributed by atoms with E-state index in [2.05, 4.69) is 61.3 Å². The fourth-order valence-corrected chi connectivity index (χ4v) is 2.59. The molecule has 19 heavy (non-hydrogen) atoms. The summed E-state index contributed by atoms with van der Waals surface area (Å²) in [5.74, 6) is 0. The predicted octanol–water partition coefficient (Wildman–Crippen LogP) is 2.71. The Bertz CT molecular complexity index is 456. The van der Waals surface area contributed by atoms with E-state index in [1.807, 2.05) is 0 Å². The van der Waals surface area contributed by atoms with Gasteiger partial charge in [-0.3, -0.25) is 0 Å². The molecule has 3 nitrogen and oxygen atoms in total. The van der Waals surface area contributed by atoms with Gasteiger partial charge in [0.25, 0.3) is 0 Å². The van der Waals surface area contributed by atoms with Gasteiger partial charge in [0.2, 0.25) is 0 Å². The van der Waals surface area contributed by atoms with Crippen LogP contribution in [0, 0.1) is 23.7 Å². The van der Waals surface area contributed by atoms with Gasteiger partial charge in [0.15, 0.2) is 0 Å². The molecule has 1 fully saturated rings. The maximum Gasteiger partial charge on any atom is 0.0638 e. The Hall–Kier alpha value is -1.53. The van der Waals surface area contributed by atoms with Gasteiger partial charge in [-0.1, -0.05) is 31.5 Å². The van der Waals surface area contributed by atoms with Crippen molar-refractivity contribution in [1.29, 1.82) is 5.26 Å². The Morgan fingerprint density at radius 2 is 2.05 bits per heavy atom. The molecule has 102 valence electrons. The summed E-state index contributed by atoms with van der Waals surface area (Å²) in [5.41, 5.74) is 2.75. The highest BCUT2D eigenvalue weighted by Crippen LogP contribution is 2.25. The molecule has 0 bridgehead atoms. The van der Waals surface area contributed by atoms with Crippen LogP contribution in [0.5, 0.6) is 0 Å². The van der Waals surface area contributed by atoms with Gasteiger partial charge in [-0.25, -0.2) is 0 Å². The second-order valence-corrected chi connectivity index (χ2v) is 6.32. The van der Waals surface area contributed by atoms with E-state index in [1.165, 1.54) is 11.3 Å². The molecule has 1 aromatic carbocycles. The quantitative estimate of drug-likeness (QED) is 0.885. The lowest BCUT2D eigenvalue weighted by molar-refractivity contribution is 0.360. The maximum absolute atomic E-state index is 8.93. The Morgan fingerprint density at radius 1 is 1.37 bits per heavy atom. The standard InChI is InChI=1S/C16H23N3/c1-13-4-6-15(7-5-13)19-10-14(8-9-17)18-11-16(2,3)12-19/h4-7,14,18H,8,10-12H2,1-3H3. The summed E-state index contributed by atoms with van der Waals surface area (Å²) >= 11 is 0. The van der Waals surface area contributed by atoms with Gasteiger partial charge in [0.05, 0.1) is 12.5 Å². The Kier molecular flexibility index (Phi) is 4.11. The Balaban J connectivity index is 2.20. The van der Waals surface area contributed by atoms with Crippen molar-refractivity contribution in [3.8, 4) is 6.07 Å². The van der Waals surface area contributed by atoms with E-state index in [0.29, 0.717) is 6.42 Å². The molecule has 1 N–H and O–H groups in total. The lowest BCUT2D eigenvalue weighted by Gasteiger charge is -2.31. The number of aryl methyl sites for hydroxylation is 1. The molecule has 0 amide bonds. The lowest BCUT2D eigenvalue weighted by Crippen LogP contribution is -2.37. The topological polar surface area (TPSA) is 39.1 Å². The molecular formula is C16H23N3. The lowest BCUT2D eigenvalue weighted by atomic mass is 9.93. The minimum absolute atomic E-state index is 0.217. The van der Waals surface area contributed by atoms with Gasteiger partial charge in [-0.05, 0) is 24.5 Å². The molecule has 2 rings (SSSR count). The molecule has 1 aliphatic rings. The number of rotatable bonds is 2. The summed E-state index contributed by atoms with van der Waals surface area (Å²) in [7, 11) is 0. The van der Waals surface area contributed by atoms with Crippen molar-refractivity contribution >= 4 is 5.69 Å². The number of nitriles is 1. The minimum atomic E-state index is 0.217. The van der Waals surface area contributed by atoms with Crippen LogP contribution >= 0.6 is 0 Å². The number of hydrogen-bond acceptors (Lipinski definition) is 3. The van der Waals surface area contributed by atoms with Crippen molar-refractivity contribution in [2.45, 2.75) is 33.2 Å². The smallest absolute Gasteiger partial charge is 0.0638 e. The summed E-state index contributed by atoms with van der Waals surface area (Å²) in [6, 6.07) is 11.2. The molecule has 0 spiro atoms. The van der Waals surface area contributed by atoms with Crippen LogP contribution in [0.3, 0.4) is 0 Å². The number of anilines is 1. The number of nitrogens with one attached hydrogen (secondary N) is 1. The second kappa shape index (κ2) is 5.63. The molecule has 1 atom stereocenters. The van der Waals surface area contributed by atoms with E-state index >= 15 is 0 Å². The van der Waals surface area contributed by atoms with E-state index in [0.717, 1.165) is 19.6 Å². The molecular weight excluding hydrogens is 234 g/mol. The van der Waals surface area contributed by atoms with Crippen LogP contribution in [0.25, 0.3) is 0 Å². The van der Waals surface area contributed by atoms with Crippen LogP contribution in [0.1, 0.15) is 25.8 Å². The largest absolute Gasteiger partial charge is 0.369 e. The van der Waals surface area contributed by atoms with Crippen molar-refractivity contribution in [1.82, 2.24) is 5.32 Å². The SMILES string of the molecule is Cc1ccc(N2CC(CC#N)NCC(C)(C)C2)cc1. The highest BCUT2D eigenvalue weighted by molar-refractivity contribution is 5.48. The van der Waals surface area contributed by atoms with E-state index < -0.39 is 0 Å². The fourth-order valence-electron chi connectivity index (χ4n) is 2.59. The first-order valence-corrected chi connectivity index (χ1v) is 6.92. The van der Waals surface area contributed by atoms with Crippen molar-refractivity contribution in [3.63, 3.8) is 0 Å². The molecule has 1 heterocycles. The summed E-state index contributed by atoms with van der Waals surface area (Å²) in [5, 5.41) is 12.4. The molecule has 1 saturated heterocycles. The Labute approximate surface area is 116 Å². The van der Waals surface area contributed by atoms with Gasteiger partial charge >= 0.3 is 0 Å². The zero-order chi connectivity index (χ0) is 13.9. The van der Waals surface area contributed by atoms with Crippen LogP contribution in [-0.2, 0) is 0 Å². The monoisotopic (exact) mass is 257 g/mol. The first-order chi connectivity index (χ1) is 9.00. The third-order valence-electron chi connectivity index (χ3n) is 3.67. The van der Waals surface area contributed by atoms with E-state index in [-0.39, 0.29) is 11.5 Å². The van der Waals surface area contributed by atoms with Crippen molar-refractivity contribution in [2.24, 2.45) is 5.41 Å². The maximum atomic E-state index is 8.93. The summed E-state index contributed by atoms with van der Waals surface area (Å²) in [6.45, 7) is 9.54. The Morgan fingerprint density at radius 3 is 2.68 bits per heavy atom. The average molecular weight is 257 g/mol. The van der Waals surface area contributed by atoms with Crippen LogP contribution in [0.2, 0.25) is 0 Å². The molecule has 3 heteroatoms. The van der Waals surface area contributed by atoms with Gasteiger partial charge in [0.1, 0.15) is 0 Å². The summed E-state index contributed by atoms with van der Waals surface area (Å²) in [4.78, 5) is 2.40. The highest BCUT2D eigenvalue weighted by atomic mass is 15.2. The highest BCUT2D eigenvalue weighted by Gasteiger charge is 2.28. The molecule has 0 aromatic heterocycles. The van der Waals surface area contributed by atoms with Gasteiger partial charge in [0, 0.05) is 31.4 Å². The van der Waals surface area contributed by atoms with Crippen molar-refractivity contribution in [2.75, 3.05) is 24.5 Å². The molecule has 1 aromatic rings. The molecule has 1 unspecified atom stereocenters. The van der Waals surface area contributed by atoms with E-state index in [9.17, 15) is 0 Å². The number of benzene rings is 1. The normalized spacial score (nSPS) is 22.6. The second-order valence-electron chi connectivity index (χ2n) is 6.32. The van der Waals surface area contributed by atoms with Gasteiger partial charge < -0.3 is 10.2 Å². The minimum Gasteiger partial charge on any atom is -0.369 e. The van der Waals surface area contributed by atoms with Crippen LogP contribution in [-0.4, -0.2) is 25.7 Å². The zero-order valence-corrected chi connectivity index (χ0v) is 12.1. The predicted molar refractivity (Wildman–Crippen MR) is 79.2 cm³/mol. The van der Waals surface area contributed by atoms with Gasteiger partial charge in [-0.15, -0.1) is 0 Å². The van der Waals surface area contributed by atoms with Gasteiger partial charge in [-0.2, -0.15) is 5.26 Å². The fraction of sp³-hybridized carbons (Fsp3) is 0.562. The molecule has 1 aliphatic heterocycles.